The first-order valence-corrected chi connectivity index (χ1v) is 11.4. The summed E-state index contributed by atoms with van der Waals surface area (Å²) in [6, 6.07) is 0. The molecule has 0 aliphatic carbocycles. The largest absolute Gasteiger partial charge is 0.381 e. The van der Waals surface area contributed by atoms with Gasteiger partial charge in [-0.3, -0.25) is 14.8 Å². The second kappa shape index (κ2) is 9.74. The molecule has 1 atom stereocenters. The van der Waals surface area contributed by atoms with E-state index in [1.165, 1.54) is 38.9 Å². The lowest BCUT2D eigenvalue weighted by molar-refractivity contribution is -0.0167. The van der Waals surface area contributed by atoms with Crippen molar-refractivity contribution in [3.63, 3.8) is 0 Å². The molecule has 4 saturated heterocycles. The molecular weight excluding hydrogens is 354 g/mol. The smallest absolute Gasteiger partial charge is 0.193 e. The van der Waals surface area contributed by atoms with E-state index in [2.05, 4.69) is 25.0 Å². The van der Waals surface area contributed by atoms with Crippen LogP contribution in [-0.4, -0.2) is 112 Å². The fourth-order valence-corrected chi connectivity index (χ4v) is 5.36. The minimum atomic E-state index is 0.245. The van der Waals surface area contributed by atoms with Gasteiger partial charge in [-0.2, -0.15) is 0 Å². The van der Waals surface area contributed by atoms with E-state index in [9.17, 15) is 0 Å². The quantitative estimate of drug-likeness (QED) is 0.552. The van der Waals surface area contributed by atoms with Gasteiger partial charge in [-0.05, 0) is 51.1 Å². The Balaban J connectivity index is 1.28. The van der Waals surface area contributed by atoms with Gasteiger partial charge in [0.15, 0.2) is 5.96 Å². The van der Waals surface area contributed by atoms with Crippen molar-refractivity contribution in [2.24, 2.45) is 10.9 Å². The molecule has 0 saturated carbocycles. The van der Waals surface area contributed by atoms with Crippen LogP contribution in [-0.2, 0) is 9.47 Å². The van der Waals surface area contributed by atoms with Crippen LogP contribution in [0.4, 0.5) is 0 Å². The normalized spacial score (nSPS) is 30.1. The van der Waals surface area contributed by atoms with E-state index in [1.807, 2.05) is 7.05 Å². The number of piperazine rings is 1. The van der Waals surface area contributed by atoms with Crippen LogP contribution >= 0.6 is 0 Å². The van der Waals surface area contributed by atoms with Crippen molar-refractivity contribution in [3.05, 3.63) is 0 Å². The Morgan fingerprint density at radius 3 is 2.39 bits per heavy atom. The highest BCUT2D eigenvalue weighted by atomic mass is 16.5. The van der Waals surface area contributed by atoms with Crippen molar-refractivity contribution in [1.29, 1.82) is 0 Å². The third-order valence-electron chi connectivity index (χ3n) is 7.20. The molecule has 4 heterocycles. The maximum atomic E-state index is 5.69. The van der Waals surface area contributed by atoms with Gasteiger partial charge in [-0.25, -0.2) is 0 Å². The van der Waals surface area contributed by atoms with Crippen molar-refractivity contribution in [1.82, 2.24) is 20.0 Å². The first-order valence-electron chi connectivity index (χ1n) is 11.4. The van der Waals surface area contributed by atoms with Crippen molar-refractivity contribution >= 4 is 5.96 Å². The maximum absolute atomic E-state index is 5.69. The standard InChI is InChI=1S/C21H39N5O2/c1-22-20(25-11-9-24(10-12-25)16-19-4-13-28-17-19)23-18-21(5-14-27-15-6-21)26-7-2-3-8-26/h19H,2-18H2,1H3,(H,22,23). The van der Waals surface area contributed by atoms with Crippen LogP contribution in [0, 0.1) is 5.92 Å². The Morgan fingerprint density at radius 2 is 1.75 bits per heavy atom. The lowest BCUT2D eigenvalue weighted by Crippen LogP contribution is -2.60. The fourth-order valence-electron chi connectivity index (χ4n) is 5.36. The molecule has 0 bridgehead atoms. The molecule has 0 aromatic carbocycles. The fraction of sp³-hybridized carbons (Fsp3) is 0.952. The number of ether oxygens (including phenoxy) is 2. The van der Waals surface area contributed by atoms with Gasteiger partial charge in [0.2, 0.25) is 0 Å². The third kappa shape index (κ3) is 4.81. The number of aliphatic imine (C=N–C) groups is 1. The highest BCUT2D eigenvalue weighted by Gasteiger charge is 2.40. The summed E-state index contributed by atoms with van der Waals surface area (Å²) in [7, 11) is 1.93. The van der Waals surface area contributed by atoms with Crippen molar-refractivity contribution in [2.75, 3.05) is 85.8 Å². The van der Waals surface area contributed by atoms with E-state index in [4.69, 9.17) is 9.47 Å². The van der Waals surface area contributed by atoms with E-state index in [0.717, 1.165) is 83.9 Å². The zero-order valence-corrected chi connectivity index (χ0v) is 17.7. The Hall–Kier alpha value is -0.890. The molecule has 0 radical (unpaired) electrons. The number of likely N-dealkylation sites (tertiary alicyclic amines) is 1. The van der Waals surface area contributed by atoms with Gasteiger partial charge in [0.25, 0.3) is 0 Å². The first-order chi connectivity index (χ1) is 13.8. The van der Waals surface area contributed by atoms with E-state index in [-0.39, 0.29) is 5.54 Å². The van der Waals surface area contributed by atoms with Gasteiger partial charge in [0, 0.05) is 71.7 Å². The van der Waals surface area contributed by atoms with Crippen LogP contribution < -0.4 is 5.32 Å². The second-order valence-corrected chi connectivity index (χ2v) is 8.95. The molecule has 4 aliphatic rings. The van der Waals surface area contributed by atoms with Crippen LogP contribution in [0.3, 0.4) is 0 Å². The molecule has 7 nitrogen and oxygen atoms in total. The van der Waals surface area contributed by atoms with Gasteiger partial charge < -0.3 is 19.7 Å². The zero-order valence-electron chi connectivity index (χ0n) is 17.7. The summed E-state index contributed by atoms with van der Waals surface area (Å²) in [5.41, 5.74) is 0.245. The Bertz CT molecular complexity index is 503. The second-order valence-electron chi connectivity index (χ2n) is 8.95. The molecule has 0 spiro atoms. The Morgan fingerprint density at radius 1 is 1.00 bits per heavy atom. The number of guanidine groups is 1. The summed E-state index contributed by atoms with van der Waals surface area (Å²) in [5.74, 6) is 1.81. The van der Waals surface area contributed by atoms with Crippen LogP contribution in [0.1, 0.15) is 32.1 Å². The molecule has 0 aromatic heterocycles. The predicted molar refractivity (Wildman–Crippen MR) is 112 cm³/mol. The van der Waals surface area contributed by atoms with Gasteiger partial charge in [-0.1, -0.05) is 0 Å². The highest BCUT2D eigenvalue weighted by Crippen LogP contribution is 2.30. The van der Waals surface area contributed by atoms with E-state index >= 15 is 0 Å². The lowest BCUT2D eigenvalue weighted by atomic mass is 9.88. The predicted octanol–water partition coefficient (Wildman–Crippen LogP) is 0.861. The van der Waals surface area contributed by atoms with Crippen LogP contribution in [0.2, 0.25) is 0 Å². The van der Waals surface area contributed by atoms with Crippen molar-refractivity contribution in [2.45, 2.75) is 37.6 Å². The number of nitrogens with zero attached hydrogens (tertiary/aromatic N) is 4. The number of hydrogen-bond acceptors (Lipinski definition) is 5. The zero-order chi connectivity index (χ0) is 19.2. The highest BCUT2D eigenvalue weighted by molar-refractivity contribution is 5.80. The third-order valence-corrected chi connectivity index (χ3v) is 7.20. The summed E-state index contributed by atoms with van der Waals surface area (Å²) in [6.07, 6.45) is 6.17. The number of nitrogens with one attached hydrogen (secondary N) is 1. The molecule has 4 rings (SSSR count). The topological polar surface area (TPSA) is 52.6 Å². The number of hydrogen-bond donors (Lipinski definition) is 1. The average molecular weight is 394 g/mol. The summed E-state index contributed by atoms with van der Waals surface area (Å²) >= 11 is 0. The lowest BCUT2D eigenvalue weighted by Gasteiger charge is -2.45. The summed E-state index contributed by atoms with van der Waals surface area (Å²) in [6.45, 7) is 12.7. The molecule has 4 aliphatic heterocycles. The SMILES string of the molecule is CN=C(NCC1(N2CCCC2)CCOCC1)N1CCN(CC2CCOC2)CC1. The molecule has 160 valence electrons. The van der Waals surface area contributed by atoms with Crippen LogP contribution in [0.15, 0.2) is 4.99 Å². The van der Waals surface area contributed by atoms with E-state index in [0.29, 0.717) is 0 Å². The monoisotopic (exact) mass is 393 g/mol. The van der Waals surface area contributed by atoms with E-state index in [1.54, 1.807) is 0 Å². The van der Waals surface area contributed by atoms with Gasteiger partial charge in [0.1, 0.15) is 0 Å². The molecule has 0 aromatic rings. The molecule has 4 fully saturated rings. The molecule has 0 amide bonds. The average Bonchev–Trinajstić information content (AvgIpc) is 3.45. The summed E-state index contributed by atoms with van der Waals surface area (Å²) in [5, 5.41) is 3.75. The Kier molecular flexibility index (Phi) is 7.09. The van der Waals surface area contributed by atoms with Gasteiger partial charge in [-0.15, -0.1) is 0 Å². The molecular formula is C21H39N5O2. The van der Waals surface area contributed by atoms with Gasteiger partial charge >= 0.3 is 0 Å². The minimum Gasteiger partial charge on any atom is -0.381 e. The van der Waals surface area contributed by atoms with Gasteiger partial charge in [0.05, 0.1) is 6.61 Å². The van der Waals surface area contributed by atoms with Crippen molar-refractivity contribution < 1.29 is 9.47 Å². The molecule has 7 heteroatoms. The molecule has 1 unspecified atom stereocenters. The van der Waals surface area contributed by atoms with Crippen molar-refractivity contribution in [3.8, 4) is 0 Å². The molecule has 1 N–H and O–H groups in total. The minimum absolute atomic E-state index is 0.245. The summed E-state index contributed by atoms with van der Waals surface area (Å²) in [4.78, 5) is 12.4. The maximum Gasteiger partial charge on any atom is 0.193 e. The molecule has 28 heavy (non-hydrogen) atoms. The van der Waals surface area contributed by atoms with Crippen LogP contribution in [0.25, 0.3) is 0 Å². The van der Waals surface area contributed by atoms with Crippen LogP contribution in [0.5, 0.6) is 0 Å². The summed E-state index contributed by atoms with van der Waals surface area (Å²) < 4.78 is 11.2. The van der Waals surface area contributed by atoms with E-state index < -0.39 is 0 Å². The Labute approximate surface area is 170 Å². The number of rotatable bonds is 5. The first kappa shape index (κ1) is 20.4.